The van der Waals surface area contributed by atoms with E-state index < -0.39 is 5.54 Å². The topological polar surface area (TPSA) is 62.2 Å². The highest BCUT2D eigenvalue weighted by Gasteiger charge is 2.26. The molecular formula is C14H26N2O2. The van der Waals surface area contributed by atoms with Crippen LogP contribution in [0.1, 0.15) is 47.1 Å². The summed E-state index contributed by atoms with van der Waals surface area (Å²) in [4.78, 5) is 14.8. The molecule has 0 saturated carbocycles. The van der Waals surface area contributed by atoms with Crippen molar-refractivity contribution in [1.29, 1.82) is 0 Å². The van der Waals surface area contributed by atoms with Gasteiger partial charge in [-0.25, -0.2) is 0 Å². The molecular weight excluding hydrogens is 228 g/mol. The highest BCUT2D eigenvalue weighted by molar-refractivity contribution is 5.74. The fraction of sp³-hybridized carbons (Fsp3) is 0.571. The van der Waals surface area contributed by atoms with Gasteiger partial charge < -0.3 is 10.4 Å². The predicted octanol–water partition coefficient (Wildman–Crippen LogP) is 2.48. The Morgan fingerprint density at radius 3 is 2.06 bits per heavy atom. The summed E-state index contributed by atoms with van der Waals surface area (Å²) in [5, 5.41) is 12.0. The zero-order valence-electron chi connectivity index (χ0n) is 12.3. The first kappa shape index (κ1) is 18.9. The summed E-state index contributed by atoms with van der Waals surface area (Å²) >= 11 is 0. The van der Waals surface area contributed by atoms with Gasteiger partial charge in [0.15, 0.2) is 0 Å². The number of hydrogen-bond donors (Lipinski definition) is 2. The smallest absolute Gasteiger partial charge is 0.217 e. The molecule has 4 nitrogen and oxygen atoms in total. The second-order valence-electron chi connectivity index (χ2n) is 3.41. The standard InChI is InChI=1S/C10H14N2O2.2C2H6/c1-8(14)12-10(2,7-13)9-3-5-11-6-4-9;2*1-2/h3-6,13H,7H2,1-2H3,(H,12,14);2*1-2H3. The molecule has 1 unspecified atom stereocenters. The molecule has 0 aliphatic rings. The largest absolute Gasteiger partial charge is 0.394 e. The second kappa shape index (κ2) is 10.7. The van der Waals surface area contributed by atoms with Crippen LogP contribution in [0.2, 0.25) is 0 Å². The van der Waals surface area contributed by atoms with Crippen LogP contribution in [0.3, 0.4) is 0 Å². The molecule has 0 saturated heterocycles. The number of aliphatic hydroxyl groups excluding tert-OH is 1. The van der Waals surface area contributed by atoms with Gasteiger partial charge >= 0.3 is 0 Å². The van der Waals surface area contributed by atoms with Crippen molar-refractivity contribution < 1.29 is 9.90 Å². The third kappa shape index (κ3) is 6.35. The SMILES string of the molecule is CC.CC.CC(=O)NC(C)(CO)c1ccncc1. The van der Waals surface area contributed by atoms with E-state index >= 15 is 0 Å². The number of amides is 1. The number of pyridine rings is 1. The minimum atomic E-state index is -0.727. The molecule has 18 heavy (non-hydrogen) atoms. The van der Waals surface area contributed by atoms with Gasteiger partial charge in [-0.1, -0.05) is 27.7 Å². The van der Waals surface area contributed by atoms with Crippen LogP contribution in [0, 0.1) is 0 Å². The molecule has 0 spiro atoms. The lowest BCUT2D eigenvalue weighted by molar-refractivity contribution is -0.121. The van der Waals surface area contributed by atoms with E-state index in [1.807, 2.05) is 27.7 Å². The van der Waals surface area contributed by atoms with Gasteiger partial charge in [0.25, 0.3) is 0 Å². The molecule has 0 fully saturated rings. The van der Waals surface area contributed by atoms with Crippen molar-refractivity contribution in [3.63, 3.8) is 0 Å². The minimum Gasteiger partial charge on any atom is -0.394 e. The third-order valence-electron chi connectivity index (χ3n) is 2.09. The van der Waals surface area contributed by atoms with Crippen LogP contribution in [0.25, 0.3) is 0 Å². The zero-order chi connectivity index (χ0) is 14.6. The molecule has 0 aromatic carbocycles. The molecule has 1 amide bonds. The van der Waals surface area contributed by atoms with Crippen molar-refractivity contribution >= 4 is 5.91 Å². The Morgan fingerprint density at radius 2 is 1.72 bits per heavy atom. The first-order chi connectivity index (χ1) is 8.58. The van der Waals surface area contributed by atoms with Crippen LogP contribution in [-0.4, -0.2) is 22.6 Å². The van der Waals surface area contributed by atoms with Crippen molar-refractivity contribution in [2.24, 2.45) is 0 Å². The molecule has 1 atom stereocenters. The van der Waals surface area contributed by atoms with Crippen molar-refractivity contribution in [1.82, 2.24) is 10.3 Å². The van der Waals surface area contributed by atoms with Gasteiger partial charge in [0.1, 0.15) is 0 Å². The molecule has 1 aromatic rings. The highest BCUT2D eigenvalue weighted by atomic mass is 16.3. The van der Waals surface area contributed by atoms with E-state index in [1.54, 1.807) is 31.5 Å². The van der Waals surface area contributed by atoms with Crippen molar-refractivity contribution in [2.75, 3.05) is 6.61 Å². The molecule has 2 N–H and O–H groups in total. The molecule has 1 aromatic heterocycles. The molecule has 1 heterocycles. The van der Waals surface area contributed by atoms with E-state index in [1.165, 1.54) is 6.92 Å². The highest BCUT2D eigenvalue weighted by Crippen LogP contribution is 2.18. The molecule has 1 rings (SSSR count). The van der Waals surface area contributed by atoms with E-state index in [4.69, 9.17) is 0 Å². The van der Waals surface area contributed by atoms with Crippen LogP contribution >= 0.6 is 0 Å². The number of carbonyl (C=O) groups is 1. The molecule has 0 bridgehead atoms. The third-order valence-corrected chi connectivity index (χ3v) is 2.09. The maximum atomic E-state index is 11.0. The van der Waals surface area contributed by atoms with Gasteiger partial charge in [0, 0.05) is 19.3 Å². The summed E-state index contributed by atoms with van der Waals surface area (Å²) in [7, 11) is 0. The normalized spacial score (nSPS) is 11.9. The Bertz CT molecular complexity index is 315. The van der Waals surface area contributed by atoms with E-state index in [2.05, 4.69) is 10.3 Å². The average Bonchev–Trinajstić information content (AvgIpc) is 2.43. The van der Waals surface area contributed by atoms with Crippen LogP contribution in [0.5, 0.6) is 0 Å². The number of carbonyl (C=O) groups excluding carboxylic acids is 1. The summed E-state index contributed by atoms with van der Waals surface area (Å²) in [6.45, 7) is 11.1. The summed E-state index contributed by atoms with van der Waals surface area (Å²) in [5.41, 5.74) is 0.111. The molecule has 4 heteroatoms. The predicted molar refractivity (Wildman–Crippen MR) is 75.2 cm³/mol. The van der Waals surface area contributed by atoms with E-state index in [0.717, 1.165) is 5.56 Å². The zero-order valence-corrected chi connectivity index (χ0v) is 12.3. The molecule has 0 radical (unpaired) electrons. The number of hydrogen-bond acceptors (Lipinski definition) is 3. The quantitative estimate of drug-likeness (QED) is 0.871. The molecule has 0 aliphatic carbocycles. The van der Waals surface area contributed by atoms with Gasteiger partial charge in [-0.2, -0.15) is 0 Å². The van der Waals surface area contributed by atoms with Crippen molar-refractivity contribution in [3.05, 3.63) is 30.1 Å². The Kier molecular flexibility index (Phi) is 11.3. The van der Waals surface area contributed by atoms with Gasteiger partial charge in [0.2, 0.25) is 5.91 Å². The number of aromatic nitrogens is 1. The summed E-state index contributed by atoms with van der Waals surface area (Å²) in [5.74, 6) is -0.168. The summed E-state index contributed by atoms with van der Waals surface area (Å²) in [6, 6.07) is 3.54. The van der Waals surface area contributed by atoms with Crippen LogP contribution in [0.15, 0.2) is 24.5 Å². The minimum absolute atomic E-state index is 0.142. The van der Waals surface area contributed by atoms with Crippen LogP contribution < -0.4 is 5.32 Å². The van der Waals surface area contributed by atoms with Gasteiger partial charge in [-0.05, 0) is 24.6 Å². The molecule has 104 valence electrons. The monoisotopic (exact) mass is 254 g/mol. The maximum absolute atomic E-state index is 11.0. The lowest BCUT2D eigenvalue weighted by Gasteiger charge is -2.28. The lowest BCUT2D eigenvalue weighted by atomic mass is 9.94. The summed E-state index contributed by atoms with van der Waals surface area (Å²) < 4.78 is 0. The average molecular weight is 254 g/mol. The first-order valence-electron chi connectivity index (χ1n) is 6.38. The van der Waals surface area contributed by atoms with Crippen molar-refractivity contribution in [3.8, 4) is 0 Å². The fourth-order valence-electron chi connectivity index (χ4n) is 1.31. The Morgan fingerprint density at radius 1 is 1.28 bits per heavy atom. The van der Waals surface area contributed by atoms with Gasteiger partial charge in [-0.15, -0.1) is 0 Å². The van der Waals surface area contributed by atoms with E-state index in [0.29, 0.717) is 0 Å². The fourth-order valence-corrected chi connectivity index (χ4v) is 1.31. The number of nitrogens with one attached hydrogen (secondary N) is 1. The number of nitrogens with zero attached hydrogens (tertiary/aromatic N) is 1. The van der Waals surface area contributed by atoms with E-state index in [-0.39, 0.29) is 12.5 Å². The van der Waals surface area contributed by atoms with Crippen molar-refractivity contribution in [2.45, 2.75) is 47.1 Å². The Labute approximate surface area is 110 Å². The Balaban J connectivity index is 0. The van der Waals surface area contributed by atoms with Crippen LogP contribution in [-0.2, 0) is 10.3 Å². The summed E-state index contributed by atoms with van der Waals surface area (Å²) in [6.07, 6.45) is 3.26. The second-order valence-corrected chi connectivity index (χ2v) is 3.41. The lowest BCUT2D eigenvalue weighted by Crippen LogP contribution is -2.45. The number of aliphatic hydroxyl groups is 1. The number of rotatable bonds is 3. The van der Waals surface area contributed by atoms with E-state index in [9.17, 15) is 9.90 Å². The van der Waals surface area contributed by atoms with Gasteiger partial charge in [0.05, 0.1) is 12.1 Å². The Hall–Kier alpha value is -1.42. The van der Waals surface area contributed by atoms with Crippen LogP contribution in [0.4, 0.5) is 0 Å². The first-order valence-corrected chi connectivity index (χ1v) is 6.38. The molecule has 0 aliphatic heterocycles. The maximum Gasteiger partial charge on any atom is 0.217 e. The van der Waals surface area contributed by atoms with Gasteiger partial charge in [-0.3, -0.25) is 9.78 Å².